The van der Waals surface area contributed by atoms with Crippen LogP contribution in [0.2, 0.25) is 0 Å². The van der Waals surface area contributed by atoms with Gasteiger partial charge < -0.3 is 15.5 Å². The summed E-state index contributed by atoms with van der Waals surface area (Å²) in [6.45, 7) is 0.458. The number of amides is 1. The fraction of sp³-hybridized carbons (Fsp3) is 0.375. The Balaban J connectivity index is 1.75. The van der Waals surface area contributed by atoms with Crippen LogP contribution in [0.4, 0.5) is 0 Å². The van der Waals surface area contributed by atoms with Crippen LogP contribution in [0.3, 0.4) is 0 Å². The number of rotatable bonds is 5. The first kappa shape index (κ1) is 16.1. The van der Waals surface area contributed by atoms with Crippen LogP contribution in [0.5, 0.6) is 0 Å². The van der Waals surface area contributed by atoms with E-state index in [1.54, 1.807) is 10.9 Å². The Morgan fingerprint density at radius 3 is 2.83 bits per heavy atom. The number of aliphatic hydroxyl groups excluding tert-OH is 1. The molecule has 0 bridgehead atoms. The fourth-order valence-electron chi connectivity index (χ4n) is 2.94. The maximum Gasteiger partial charge on any atom is 0.337 e. The van der Waals surface area contributed by atoms with Crippen LogP contribution < -0.4 is 5.32 Å². The minimum Gasteiger partial charge on any atom is -0.478 e. The minimum absolute atomic E-state index is 0.0188. The van der Waals surface area contributed by atoms with Crippen LogP contribution in [-0.2, 0) is 13.0 Å². The Bertz CT molecular complexity index is 754. The molecule has 1 aliphatic rings. The zero-order chi connectivity index (χ0) is 17.1. The quantitative estimate of drug-likeness (QED) is 0.745. The molecule has 2 aromatic heterocycles. The van der Waals surface area contributed by atoms with Crippen molar-refractivity contribution in [2.75, 3.05) is 6.61 Å². The van der Waals surface area contributed by atoms with Gasteiger partial charge in [0, 0.05) is 17.5 Å². The number of hydrogen-bond acceptors (Lipinski definition) is 5. The molecule has 0 radical (unpaired) electrons. The number of carbonyl (C=O) groups excluding carboxylic acids is 1. The molecule has 24 heavy (non-hydrogen) atoms. The van der Waals surface area contributed by atoms with E-state index in [9.17, 15) is 9.59 Å². The summed E-state index contributed by atoms with van der Waals surface area (Å²) in [7, 11) is 0. The summed E-state index contributed by atoms with van der Waals surface area (Å²) in [4.78, 5) is 27.1. The topological polar surface area (TPSA) is 117 Å². The maximum absolute atomic E-state index is 12.3. The zero-order valence-corrected chi connectivity index (χ0v) is 13.0. The van der Waals surface area contributed by atoms with Gasteiger partial charge in [-0.05, 0) is 31.4 Å². The third-order valence-electron chi connectivity index (χ3n) is 4.12. The molecule has 1 amide bonds. The van der Waals surface area contributed by atoms with E-state index in [0.29, 0.717) is 6.54 Å². The smallest absolute Gasteiger partial charge is 0.337 e. The van der Waals surface area contributed by atoms with Crippen LogP contribution in [-0.4, -0.2) is 43.5 Å². The van der Waals surface area contributed by atoms with Gasteiger partial charge in [0.2, 0.25) is 0 Å². The second-order valence-electron chi connectivity index (χ2n) is 5.65. The Morgan fingerprint density at radius 2 is 2.17 bits per heavy atom. The second-order valence-corrected chi connectivity index (χ2v) is 5.65. The van der Waals surface area contributed by atoms with Crippen molar-refractivity contribution in [3.05, 3.63) is 47.0 Å². The summed E-state index contributed by atoms with van der Waals surface area (Å²) >= 11 is 0. The van der Waals surface area contributed by atoms with Gasteiger partial charge in [0.25, 0.3) is 5.91 Å². The standard InChI is InChI=1S/C16H18N4O4/c21-7-6-20-14-3-1-2-12(11(14)9-18-20)19-15(22)13-5-4-10(8-17-13)16(23)24/h4-5,8-9,12,21H,1-3,6-7H2,(H,19,22)(H,23,24). The molecular formula is C16H18N4O4. The van der Waals surface area contributed by atoms with E-state index < -0.39 is 5.97 Å². The molecule has 126 valence electrons. The predicted molar refractivity (Wildman–Crippen MR) is 83.7 cm³/mol. The van der Waals surface area contributed by atoms with Gasteiger partial charge in [-0.2, -0.15) is 5.10 Å². The van der Waals surface area contributed by atoms with Gasteiger partial charge in [-0.3, -0.25) is 14.5 Å². The normalized spacial score (nSPS) is 16.5. The highest BCUT2D eigenvalue weighted by Crippen LogP contribution is 2.29. The van der Waals surface area contributed by atoms with Gasteiger partial charge in [0.15, 0.2) is 0 Å². The summed E-state index contributed by atoms with van der Waals surface area (Å²) in [5.41, 5.74) is 2.21. The van der Waals surface area contributed by atoms with Gasteiger partial charge in [-0.25, -0.2) is 4.79 Å². The number of fused-ring (bicyclic) bond motifs is 1. The first-order valence-electron chi connectivity index (χ1n) is 7.76. The first-order valence-corrected chi connectivity index (χ1v) is 7.76. The molecule has 3 N–H and O–H groups in total. The van der Waals surface area contributed by atoms with Crippen LogP contribution in [0, 0.1) is 0 Å². The summed E-state index contributed by atoms with van der Waals surface area (Å²) in [5, 5.41) is 25.1. The number of aromatic carboxylic acids is 1. The number of pyridine rings is 1. The summed E-state index contributed by atoms with van der Waals surface area (Å²) < 4.78 is 1.77. The molecule has 0 fully saturated rings. The molecule has 3 rings (SSSR count). The van der Waals surface area contributed by atoms with Crippen molar-refractivity contribution in [2.45, 2.75) is 31.8 Å². The lowest BCUT2D eigenvalue weighted by molar-refractivity contribution is 0.0695. The first-order chi connectivity index (χ1) is 11.6. The largest absolute Gasteiger partial charge is 0.478 e. The van der Waals surface area contributed by atoms with E-state index >= 15 is 0 Å². The lowest BCUT2D eigenvalue weighted by Gasteiger charge is -2.24. The minimum atomic E-state index is -1.08. The van der Waals surface area contributed by atoms with Crippen LogP contribution in [0.1, 0.15) is 51.0 Å². The molecule has 0 aromatic carbocycles. The third kappa shape index (κ3) is 3.13. The molecule has 0 aliphatic heterocycles. The summed E-state index contributed by atoms with van der Waals surface area (Å²) in [5.74, 6) is -1.43. The molecule has 1 aliphatic carbocycles. The van der Waals surface area contributed by atoms with Crippen LogP contribution in [0.25, 0.3) is 0 Å². The van der Waals surface area contributed by atoms with Gasteiger partial charge in [0.1, 0.15) is 5.69 Å². The lowest BCUT2D eigenvalue weighted by Crippen LogP contribution is -2.31. The van der Waals surface area contributed by atoms with E-state index in [4.69, 9.17) is 10.2 Å². The Hall–Kier alpha value is -2.74. The number of aromatic nitrogens is 3. The van der Waals surface area contributed by atoms with Gasteiger partial charge in [-0.1, -0.05) is 0 Å². The van der Waals surface area contributed by atoms with Crippen LogP contribution in [0.15, 0.2) is 24.5 Å². The van der Waals surface area contributed by atoms with E-state index in [1.165, 1.54) is 18.3 Å². The zero-order valence-electron chi connectivity index (χ0n) is 13.0. The van der Waals surface area contributed by atoms with Crippen molar-refractivity contribution in [3.63, 3.8) is 0 Å². The molecule has 8 nitrogen and oxygen atoms in total. The number of aliphatic hydroxyl groups is 1. The Morgan fingerprint density at radius 1 is 1.33 bits per heavy atom. The molecule has 0 spiro atoms. The number of carboxylic acids is 1. The number of nitrogens with one attached hydrogen (secondary N) is 1. The van der Waals surface area contributed by atoms with Crippen molar-refractivity contribution in [2.24, 2.45) is 0 Å². The Kier molecular flexibility index (Phi) is 4.57. The number of carbonyl (C=O) groups is 2. The molecule has 8 heteroatoms. The molecule has 0 saturated heterocycles. The predicted octanol–water partition coefficient (Wildman–Crippen LogP) is 0.776. The average molecular weight is 330 g/mol. The monoisotopic (exact) mass is 330 g/mol. The average Bonchev–Trinajstić information content (AvgIpc) is 2.99. The highest BCUT2D eigenvalue weighted by atomic mass is 16.4. The SMILES string of the molecule is O=C(O)c1ccc(C(=O)NC2CCCc3c2cnn3CCO)nc1. The van der Waals surface area contributed by atoms with Crippen molar-refractivity contribution in [3.8, 4) is 0 Å². The maximum atomic E-state index is 12.3. The number of nitrogens with zero attached hydrogens (tertiary/aromatic N) is 3. The van der Waals surface area contributed by atoms with E-state index in [-0.39, 0.29) is 29.8 Å². The van der Waals surface area contributed by atoms with Crippen molar-refractivity contribution in [1.29, 1.82) is 0 Å². The van der Waals surface area contributed by atoms with Crippen LogP contribution >= 0.6 is 0 Å². The summed E-state index contributed by atoms with van der Waals surface area (Å²) in [6.07, 6.45) is 5.49. The third-order valence-corrected chi connectivity index (χ3v) is 4.12. The molecule has 0 saturated carbocycles. The molecule has 1 atom stereocenters. The van der Waals surface area contributed by atoms with Gasteiger partial charge >= 0.3 is 5.97 Å². The molecular weight excluding hydrogens is 312 g/mol. The second kappa shape index (κ2) is 6.79. The highest BCUT2D eigenvalue weighted by molar-refractivity contribution is 5.94. The van der Waals surface area contributed by atoms with E-state index in [2.05, 4.69) is 15.4 Å². The number of hydrogen-bond donors (Lipinski definition) is 3. The van der Waals surface area contributed by atoms with Crippen molar-refractivity contribution >= 4 is 11.9 Å². The van der Waals surface area contributed by atoms with Crippen molar-refractivity contribution < 1.29 is 19.8 Å². The molecule has 2 heterocycles. The summed E-state index contributed by atoms with van der Waals surface area (Å²) in [6, 6.07) is 2.60. The van der Waals surface area contributed by atoms with E-state index in [1.807, 2.05) is 0 Å². The van der Waals surface area contributed by atoms with Gasteiger partial charge in [0.05, 0.1) is 31.0 Å². The van der Waals surface area contributed by atoms with E-state index in [0.717, 1.165) is 30.5 Å². The Labute approximate surface area is 138 Å². The van der Waals surface area contributed by atoms with Crippen molar-refractivity contribution in [1.82, 2.24) is 20.1 Å². The molecule has 1 unspecified atom stereocenters. The fourth-order valence-corrected chi connectivity index (χ4v) is 2.94. The highest BCUT2D eigenvalue weighted by Gasteiger charge is 2.26. The van der Waals surface area contributed by atoms with Gasteiger partial charge in [-0.15, -0.1) is 0 Å². The molecule has 2 aromatic rings. The number of carboxylic acid groups (broad SMARTS) is 1. The lowest BCUT2D eigenvalue weighted by atomic mass is 9.93.